The van der Waals surface area contributed by atoms with Crippen molar-refractivity contribution in [1.82, 2.24) is 39.8 Å². The van der Waals surface area contributed by atoms with Gasteiger partial charge in [0.15, 0.2) is 16.8 Å². The molecule has 4 aliphatic rings. The number of hydrogen-bond donors (Lipinski definition) is 4. The Morgan fingerprint density at radius 1 is 0.975 bits per heavy atom. The molecule has 0 unspecified atom stereocenters. The SMILES string of the molecule is COc1cc(CN2CCN(C3CC4(CCN(c5ccc(C(=O)NS(=O)(=O)c6cc(N(C)[O-])c(NCC7CCC(C)(O)CC7)c7nonc67)c(Oc6cc7c(F)c[nH]c7nc6OC)c5)CC4)C3)[C@H](c3ccccc3C(C)C)C2)ccn1. The van der Waals surface area contributed by atoms with Crippen molar-refractivity contribution in [2.75, 3.05) is 75.8 Å². The maximum Gasteiger partial charge on any atom is 0.268 e. The second-order valence-electron chi connectivity index (χ2n) is 22.8. The number of aromatic nitrogens is 5. The number of hydroxylamine groups is 1. The minimum atomic E-state index is -4.80. The summed E-state index contributed by atoms with van der Waals surface area (Å²) in [4.78, 5) is 33.0. The third-order valence-electron chi connectivity index (χ3n) is 17.2. The van der Waals surface area contributed by atoms with Crippen LogP contribution in [0.1, 0.15) is 111 Å². The first-order valence-corrected chi connectivity index (χ1v) is 29.0. The Morgan fingerprint density at radius 2 is 1.74 bits per heavy atom. The molecule has 1 spiro atoms. The molecule has 2 saturated heterocycles. The van der Waals surface area contributed by atoms with Gasteiger partial charge in [-0.25, -0.2) is 27.1 Å². The molecule has 2 aliphatic heterocycles. The number of piperidine rings is 1. The molecule has 424 valence electrons. The molecule has 4 N–H and O–H groups in total. The van der Waals surface area contributed by atoms with E-state index in [0.717, 1.165) is 95.7 Å². The van der Waals surface area contributed by atoms with Crippen LogP contribution in [0.2, 0.25) is 0 Å². The summed E-state index contributed by atoms with van der Waals surface area (Å²) >= 11 is 0. The highest BCUT2D eigenvalue weighted by Crippen LogP contribution is 2.54. The van der Waals surface area contributed by atoms with Crippen LogP contribution in [0.25, 0.3) is 22.1 Å². The number of hydrogen-bond acceptors (Lipinski definition) is 18. The summed E-state index contributed by atoms with van der Waals surface area (Å²) in [5.74, 6) is -0.537. The van der Waals surface area contributed by atoms with Crippen LogP contribution < -0.4 is 34.2 Å². The fraction of sp³-hybridized carbons (Fsp3) is 0.466. The number of carbonyl (C=O) groups is 1. The quantitative estimate of drug-likeness (QED) is 0.0621. The highest BCUT2D eigenvalue weighted by atomic mass is 32.2. The van der Waals surface area contributed by atoms with E-state index >= 15 is 4.39 Å². The Morgan fingerprint density at radius 3 is 2.48 bits per heavy atom. The number of H-pyrrole nitrogens is 1. The molecular formula is C58H69FN11O9S-. The predicted octanol–water partition coefficient (Wildman–Crippen LogP) is 9.28. The van der Waals surface area contributed by atoms with Crippen LogP contribution in [-0.4, -0.2) is 127 Å². The van der Waals surface area contributed by atoms with E-state index in [9.17, 15) is 23.5 Å². The van der Waals surface area contributed by atoms with E-state index in [2.05, 4.69) is 94.2 Å². The average Bonchev–Trinajstić information content (AvgIpc) is 3.82. The summed E-state index contributed by atoms with van der Waals surface area (Å²) in [5, 5.41) is 35.4. The van der Waals surface area contributed by atoms with Gasteiger partial charge in [-0.2, -0.15) is 4.98 Å². The summed E-state index contributed by atoms with van der Waals surface area (Å²) in [6.45, 7) is 11.9. The van der Waals surface area contributed by atoms with Crippen molar-refractivity contribution in [1.29, 1.82) is 0 Å². The summed E-state index contributed by atoms with van der Waals surface area (Å²) in [6, 6.07) is 21.1. The van der Waals surface area contributed by atoms with E-state index < -0.39 is 32.2 Å². The summed E-state index contributed by atoms with van der Waals surface area (Å²) in [7, 11) is -0.553. The lowest BCUT2D eigenvalue weighted by atomic mass is 9.59. The fourth-order valence-corrected chi connectivity index (χ4v) is 13.7. The molecule has 4 fully saturated rings. The lowest BCUT2D eigenvalue weighted by molar-refractivity contribution is -0.0628. The zero-order valence-corrected chi connectivity index (χ0v) is 46.8. The fourth-order valence-electron chi connectivity index (χ4n) is 12.6. The molecule has 3 aromatic carbocycles. The van der Waals surface area contributed by atoms with E-state index in [1.165, 1.54) is 43.0 Å². The minimum absolute atomic E-state index is 0.00631. The summed E-state index contributed by atoms with van der Waals surface area (Å²) in [5.41, 5.74) is 4.09. The van der Waals surface area contributed by atoms with Crippen LogP contribution in [0.4, 0.5) is 21.5 Å². The van der Waals surface area contributed by atoms with Crippen molar-refractivity contribution in [2.24, 2.45) is 11.3 Å². The van der Waals surface area contributed by atoms with Crippen molar-refractivity contribution in [3.8, 4) is 23.3 Å². The summed E-state index contributed by atoms with van der Waals surface area (Å²) < 4.78 is 68.6. The number of sulfonamides is 1. The van der Waals surface area contributed by atoms with Gasteiger partial charge in [-0.3, -0.25) is 14.6 Å². The van der Waals surface area contributed by atoms with Crippen LogP contribution in [0, 0.1) is 22.4 Å². The number of aromatic amines is 1. The van der Waals surface area contributed by atoms with Crippen molar-refractivity contribution in [3.05, 3.63) is 112 Å². The van der Waals surface area contributed by atoms with E-state index in [1.807, 2.05) is 19.2 Å². The highest BCUT2D eigenvalue weighted by molar-refractivity contribution is 7.90. The largest absolute Gasteiger partial charge is 0.758 e. The number of amides is 1. The molecule has 80 heavy (non-hydrogen) atoms. The first kappa shape index (κ1) is 54.8. The molecule has 0 bridgehead atoms. The van der Waals surface area contributed by atoms with Gasteiger partial charge in [-0.1, -0.05) is 38.1 Å². The Kier molecular flexibility index (Phi) is 15.1. The number of nitrogens with zero attached hydrogens (tertiary/aromatic N) is 8. The molecule has 22 heteroatoms. The third-order valence-corrected chi connectivity index (χ3v) is 18.5. The van der Waals surface area contributed by atoms with E-state index in [-0.39, 0.29) is 73.8 Å². The van der Waals surface area contributed by atoms with E-state index in [1.54, 1.807) is 19.2 Å². The molecule has 2 aliphatic carbocycles. The van der Waals surface area contributed by atoms with Gasteiger partial charge in [0, 0.05) is 94.2 Å². The molecule has 1 amide bonds. The number of anilines is 3. The van der Waals surface area contributed by atoms with Gasteiger partial charge in [0.1, 0.15) is 22.1 Å². The van der Waals surface area contributed by atoms with Gasteiger partial charge < -0.3 is 44.8 Å². The Hall–Kier alpha value is -7.11. The molecule has 1 atom stereocenters. The smallest absolute Gasteiger partial charge is 0.268 e. The summed E-state index contributed by atoms with van der Waals surface area (Å²) in [6.07, 6.45) is 9.77. The number of piperazine rings is 1. The van der Waals surface area contributed by atoms with Crippen LogP contribution in [0.15, 0.2) is 88.6 Å². The topological polar surface area (TPSA) is 240 Å². The highest BCUT2D eigenvalue weighted by Gasteiger charge is 2.50. The predicted molar refractivity (Wildman–Crippen MR) is 301 cm³/mol. The number of aliphatic hydroxyl groups is 1. The second-order valence-corrected chi connectivity index (χ2v) is 24.5. The molecule has 4 aromatic heterocycles. The van der Waals surface area contributed by atoms with Crippen molar-refractivity contribution in [3.63, 3.8) is 0 Å². The molecular weight excluding hydrogens is 1050 g/mol. The van der Waals surface area contributed by atoms with E-state index in [4.69, 9.17) is 18.8 Å². The van der Waals surface area contributed by atoms with E-state index in [0.29, 0.717) is 42.3 Å². The molecule has 11 rings (SSSR count). The molecule has 6 heterocycles. The zero-order chi connectivity index (χ0) is 56.1. The number of nitrogens with one attached hydrogen (secondary N) is 3. The van der Waals surface area contributed by atoms with Crippen molar-refractivity contribution < 1.29 is 41.5 Å². The first-order chi connectivity index (χ1) is 38.4. The van der Waals surface area contributed by atoms with Crippen molar-refractivity contribution >= 4 is 55.1 Å². The van der Waals surface area contributed by atoms with Gasteiger partial charge in [-0.15, -0.1) is 0 Å². The van der Waals surface area contributed by atoms with Crippen LogP contribution >= 0.6 is 0 Å². The number of rotatable bonds is 17. The van der Waals surface area contributed by atoms with Crippen molar-refractivity contribution in [2.45, 2.75) is 107 Å². The molecule has 20 nitrogen and oxygen atoms in total. The van der Waals surface area contributed by atoms with Crippen LogP contribution in [-0.2, 0) is 16.6 Å². The molecule has 2 saturated carbocycles. The first-order valence-electron chi connectivity index (χ1n) is 27.5. The van der Waals surface area contributed by atoms with Gasteiger partial charge >= 0.3 is 0 Å². The van der Waals surface area contributed by atoms with Crippen LogP contribution in [0.5, 0.6) is 23.3 Å². The zero-order valence-electron chi connectivity index (χ0n) is 46.0. The lowest BCUT2D eigenvalue weighted by Gasteiger charge is -2.58. The maximum atomic E-state index is 15.0. The van der Waals surface area contributed by atoms with Gasteiger partial charge in [0.25, 0.3) is 21.8 Å². The molecule has 7 aromatic rings. The second kappa shape index (κ2) is 22.1. The Bertz CT molecular complexity index is 3510. The average molecular weight is 1120 g/mol. The van der Waals surface area contributed by atoms with Gasteiger partial charge in [-0.05, 0) is 134 Å². The standard InChI is InChI=1S/C58H69FN11O9S/c1-35(2)40-9-7-8-10-41(40)46-34-68(33-37-15-20-60-50(25-37)76-5)23-24-70(46)39-29-58(30-39)18-21-69(22-19-58)38-11-12-42(47(26-38)78-48-27-43-44(59)32-62-54(43)63-56(48)77-6)55(71)66-80(74,75)49-28-45(67(4)73)51(53-52(49)64-79-65-53)61-31-36-13-16-57(3,72)17-14-36/h7-12,15,20,25-28,32,35-36,39,46,61,72H,13-14,16-19,21-24,29-31,33-34H2,1-6H3,(H,62,63)(H,66,71)/q-1/t36?,46-,57?/m0/s1. The third kappa shape index (κ3) is 11.1. The van der Waals surface area contributed by atoms with Crippen LogP contribution in [0.3, 0.4) is 0 Å². The Balaban J connectivity index is 0.828. The number of benzene rings is 3. The van der Waals surface area contributed by atoms with Gasteiger partial charge in [0.2, 0.25) is 5.88 Å². The number of halogens is 1. The number of methoxy groups -OCH3 is 2. The maximum absolute atomic E-state index is 15.0. The molecule has 0 radical (unpaired) electrons. The Labute approximate surface area is 464 Å². The monoisotopic (exact) mass is 1110 g/mol. The number of ether oxygens (including phenoxy) is 3. The number of carbonyl (C=O) groups excluding carboxylic acids is 1. The number of pyridine rings is 2. The lowest BCUT2D eigenvalue weighted by Crippen LogP contribution is -2.60. The van der Waals surface area contributed by atoms with Gasteiger partial charge in [0.05, 0.1) is 42.1 Å². The normalized spacial score (nSPS) is 21.0. The number of fused-ring (bicyclic) bond motifs is 2. The minimum Gasteiger partial charge on any atom is -0.758 e.